The Kier molecular flexibility index (Phi) is 5.69. The minimum atomic E-state index is -3.22. The molecule has 26 heavy (non-hydrogen) atoms. The van der Waals surface area contributed by atoms with Crippen LogP contribution in [0.25, 0.3) is 10.6 Å². The molecule has 9 heteroatoms. The molecule has 7 nitrogen and oxygen atoms in total. The van der Waals surface area contributed by atoms with E-state index in [-0.39, 0.29) is 18.4 Å². The number of nitrogens with zero attached hydrogens (tertiary/aromatic N) is 3. The monoisotopic (exact) mass is 394 g/mol. The summed E-state index contributed by atoms with van der Waals surface area (Å²) in [5.74, 6) is -0.144. The van der Waals surface area contributed by atoms with Crippen LogP contribution >= 0.6 is 11.3 Å². The summed E-state index contributed by atoms with van der Waals surface area (Å²) in [5, 5.41) is 3.81. The third-order valence-electron chi connectivity index (χ3n) is 4.53. The van der Waals surface area contributed by atoms with Crippen LogP contribution in [0.3, 0.4) is 0 Å². The van der Waals surface area contributed by atoms with Gasteiger partial charge >= 0.3 is 0 Å². The van der Waals surface area contributed by atoms with E-state index in [1.54, 1.807) is 23.7 Å². The molecule has 0 bridgehead atoms. The van der Waals surface area contributed by atoms with Gasteiger partial charge in [0.05, 0.1) is 11.9 Å². The zero-order chi connectivity index (χ0) is 18.7. The number of nitrogens with one attached hydrogen (secondary N) is 1. The number of likely N-dealkylation sites (N-methyl/N-ethyl adjacent to an activating group) is 1. The van der Waals surface area contributed by atoms with Crippen molar-refractivity contribution in [1.82, 2.24) is 19.6 Å². The van der Waals surface area contributed by atoms with Crippen LogP contribution in [0.2, 0.25) is 0 Å². The topological polar surface area (TPSA) is 92.3 Å². The van der Waals surface area contributed by atoms with Crippen molar-refractivity contribution in [2.75, 3.05) is 26.4 Å². The summed E-state index contributed by atoms with van der Waals surface area (Å²) < 4.78 is 24.0. The van der Waals surface area contributed by atoms with Crippen LogP contribution in [0, 0.1) is 5.92 Å². The predicted octanol–water partition coefficient (Wildman–Crippen LogP) is 1.32. The van der Waals surface area contributed by atoms with Gasteiger partial charge in [0.2, 0.25) is 15.9 Å². The van der Waals surface area contributed by atoms with Crippen molar-refractivity contribution in [3.63, 3.8) is 0 Å². The second-order valence-corrected chi connectivity index (χ2v) is 9.61. The number of carbonyl (C=O) groups is 1. The lowest BCUT2D eigenvalue weighted by atomic mass is 9.90. The number of aryl methyl sites for hydroxylation is 1. The molecule has 0 aromatic carbocycles. The molecule has 0 radical (unpaired) electrons. The quantitative estimate of drug-likeness (QED) is 0.798. The molecule has 1 atom stereocenters. The highest BCUT2D eigenvalue weighted by Crippen LogP contribution is 2.34. The predicted molar refractivity (Wildman–Crippen MR) is 101 cm³/mol. The Balaban J connectivity index is 1.58. The van der Waals surface area contributed by atoms with Crippen molar-refractivity contribution in [2.45, 2.75) is 19.3 Å². The number of amides is 1. The van der Waals surface area contributed by atoms with Gasteiger partial charge in [0, 0.05) is 55.3 Å². The summed E-state index contributed by atoms with van der Waals surface area (Å²) in [7, 11) is -1.72. The van der Waals surface area contributed by atoms with Crippen molar-refractivity contribution < 1.29 is 13.2 Å². The molecule has 0 aliphatic heterocycles. The van der Waals surface area contributed by atoms with E-state index >= 15 is 0 Å². The number of sulfonamides is 1. The smallest absolute Gasteiger partial charge is 0.223 e. The highest BCUT2D eigenvalue weighted by atomic mass is 32.2. The Morgan fingerprint density at radius 3 is 2.81 bits per heavy atom. The molecule has 1 aliphatic rings. The molecule has 1 unspecified atom stereocenters. The number of fused-ring (bicyclic) bond motifs is 1. The zero-order valence-electron chi connectivity index (χ0n) is 14.8. The summed E-state index contributed by atoms with van der Waals surface area (Å²) in [6, 6.07) is 3.87. The molecule has 3 rings (SSSR count). The number of aromatic nitrogens is 2. The van der Waals surface area contributed by atoms with Crippen LogP contribution in [0.15, 0.2) is 24.5 Å². The molecular weight excluding hydrogens is 372 g/mol. The van der Waals surface area contributed by atoms with Crippen LogP contribution in [-0.4, -0.2) is 55.0 Å². The van der Waals surface area contributed by atoms with Gasteiger partial charge in [-0.15, -0.1) is 11.3 Å². The van der Waals surface area contributed by atoms with E-state index in [1.807, 2.05) is 12.1 Å². The summed E-state index contributed by atoms with van der Waals surface area (Å²) in [4.78, 5) is 22.4. The SMILES string of the molecule is CN(CCNC(=O)C1CCc2sc(-c3ccncc3)nc2C1)S(C)(=O)=O. The third kappa shape index (κ3) is 4.46. The van der Waals surface area contributed by atoms with Crippen molar-refractivity contribution in [3.05, 3.63) is 35.1 Å². The minimum Gasteiger partial charge on any atom is -0.355 e. The lowest BCUT2D eigenvalue weighted by Gasteiger charge is -2.21. The summed E-state index contributed by atoms with van der Waals surface area (Å²) in [5.41, 5.74) is 2.05. The maximum absolute atomic E-state index is 12.4. The molecule has 1 amide bonds. The summed E-state index contributed by atoms with van der Waals surface area (Å²) in [6.07, 6.45) is 6.92. The van der Waals surface area contributed by atoms with E-state index < -0.39 is 10.0 Å². The van der Waals surface area contributed by atoms with Gasteiger partial charge in [0.25, 0.3) is 0 Å². The average molecular weight is 395 g/mol. The van der Waals surface area contributed by atoms with Crippen LogP contribution in [0.5, 0.6) is 0 Å². The molecule has 1 aliphatic carbocycles. The number of pyridine rings is 1. The van der Waals surface area contributed by atoms with Gasteiger partial charge in [-0.1, -0.05) is 0 Å². The lowest BCUT2D eigenvalue weighted by Crippen LogP contribution is -2.39. The fraction of sp³-hybridized carbons (Fsp3) is 0.471. The zero-order valence-corrected chi connectivity index (χ0v) is 16.4. The fourth-order valence-electron chi connectivity index (χ4n) is 2.87. The normalized spacial score (nSPS) is 17.1. The van der Waals surface area contributed by atoms with E-state index in [9.17, 15) is 13.2 Å². The van der Waals surface area contributed by atoms with Crippen LogP contribution in [0.4, 0.5) is 0 Å². The molecule has 0 spiro atoms. The molecular formula is C17H22N4O3S2. The Labute approximate surface area is 157 Å². The van der Waals surface area contributed by atoms with Gasteiger partial charge in [0.1, 0.15) is 5.01 Å². The van der Waals surface area contributed by atoms with Crippen molar-refractivity contribution in [3.8, 4) is 10.6 Å². The number of hydrogen-bond donors (Lipinski definition) is 1. The van der Waals surface area contributed by atoms with E-state index in [1.165, 1.54) is 16.2 Å². The van der Waals surface area contributed by atoms with Crippen LogP contribution < -0.4 is 5.32 Å². The largest absolute Gasteiger partial charge is 0.355 e. The Morgan fingerprint density at radius 1 is 1.38 bits per heavy atom. The number of thiazole rings is 1. The number of rotatable bonds is 6. The van der Waals surface area contributed by atoms with Crippen LogP contribution in [-0.2, 0) is 27.7 Å². The molecule has 2 heterocycles. The van der Waals surface area contributed by atoms with Crippen molar-refractivity contribution in [2.24, 2.45) is 5.92 Å². The van der Waals surface area contributed by atoms with E-state index in [4.69, 9.17) is 4.98 Å². The molecule has 2 aromatic heterocycles. The first-order chi connectivity index (χ1) is 12.3. The van der Waals surface area contributed by atoms with Gasteiger partial charge in [-0.2, -0.15) is 0 Å². The van der Waals surface area contributed by atoms with Gasteiger partial charge in [-0.3, -0.25) is 9.78 Å². The third-order valence-corrected chi connectivity index (χ3v) is 7.05. The van der Waals surface area contributed by atoms with Crippen LogP contribution in [0.1, 0.15) is 17.0 Å². The standard InChI is InChI=1S/C17H22N4O3S2/c1-21(26(2,23)24)10-9-19-16(22)13-3-4-15-14(11-13)20-17(25-15)12-5-7-18-8-6-12/h5-8,13H,3-4,9-11H2,1-2H3,(H,19,22). The van der Waals surface area contributed by atoms with E-state index in [0.29, 0.717) is 13.0 Å². The first-order valence-corrected chi connectivity index (χ1v) is 11.1. The maximum atomic E-state index is 12.4. The second kappa shape index (κ2) is 7.81. The fourth-order valence-corrected chi connectivity index (χ4v) is 4.40. The Bertz CT molecular complexity index is 881. The molecule has 2 aromatic rings. The lowest BCUT2D eigenvalue weighted by molar-refractivity contribution is -0.125. The molecule has 140 valence electrons. The van der Waals surface area contributed by atoms with E-state index in [0.717, 1.165) is 35.4 Å². The molecule has 0 fully saturated rings. The minimum absolute atomic E-state index is 0.0315. The Hall–Kier alpha value is -1.84. The first kappa shape index (κ1) is 18.9. The van der Waals surface area contributed by atoms with Gasteiger partial charge in [-0.25, -0.2) is 17.7 Å². The Morgan fingerprint density at radius 2 is 2.12 bits per heavy atom. The second-order valence-electron chi connectivity index (χ2n) is 6.44. The maximum Gasteiger partial charge on any atom is 0.223 e. The number of carbonyl (C=O) groups excluding carboxylic acids is 1. The highest BCUT2D eigenvalue weighted by Gasteiger charge is 2.27. The number of hydrogen-bond acceptors (Lipinski definition) is 6. The highest BCUT2D eigenvalue weighted by molar-refractivity contribution is 7.88. The molecule has 0 saturated heterocycles. The van der Waals surface area contributed by atoms with Gasteiger partial charge in [0.15, 0.2) is 0 Å². The summed E-state index contributed by atoms with van der Waals surface area (Å²) in [6.45, 7) is 0.580. The van der Waals surface area contributed by atoms with Crippen molar-refractivity contribution >= 4 is 27.3 Å². The van der Waals surface area contributed by atoms with Gasteiger partial charge in [-0.05, 0) is 25.0 Å². The first-order valence-electron chi connectivity index (χ1n) is 8.42. The van der Waals surface area contributed by atoms with E-state index in [2.05, 4.69) is 10.3 Å². The van der Waals surface area contributed by atoms with Gasteiger partial charge < -0.3 is 5.32 Å². The molecule has 0 saturated carbocycles. The molecule has 1 N–H and O–H groups in total. The summed E-state index contributed by atoms with van der Waals surface area (Å²) >= 11 is 1.68. The average Bonchev–Trinajstić information content (AvgIpc) is 3.04. The van der Waals surface area contributed by atoms with Crippen molar-refractivity contribution in [1.29, 1.82) is 0 Å².